The number of aromatic nitrogens is 2. The molecule has 0 spiro atoms. The Kier molecular flexibility index (Phi) is 3.66. The molecule has 0 bridgehead atoms. The number of rotatable bonds is 3. The average molecular weight is 293 g/mol. The summed E-state index contributed by atoms with van der Waals surface area (Å²) in [7, 11) is 0. The molecule has 0 aromatic carbocycles. The van der Waals surface area contributed by atoms with Crippen molar-refractivity contribution in [1.82, 2.24) is 20.0 Å². The summed E-state index contributed by atoms with van der Waals surface area (Å²) in [6.45, 7) is 3.73. The highest BCUT2D eigenvalue weighted by Gasteiger charge is 2.24. The topological polar surface area (TPSA) is 88.5 Å². The number of nitrogens with zero attached hydrogens (tertiary/aromatic N) is 4. The minimum Gasteiger partial charge on any atom is -0.459 e. The number of carbonyl (C=O) groups excluding carboxylic acids is 1. The van der Waals surface area contributed by atoms with Crippen LogP contribution in [0.25, 0.3) is 0 Å². The van der Waals surface area contributed by atoms with Crippen molar-refractivity contribution in [2.75, 3.05) is 31.9 Å². The van der Waals surface area contributed by atoms with Crippen LogP contribution < -0.4 is 5.73 Å². The highest BCUT2D eigenvalue weighted by molar-refractivity contribution is 7.15. The van der Waals surface area contributed by atoms with Crippen molar-refractivity contribution < 1.29 is 9.21 Å². The van der Waals surface area contributed by atoms with Gasteiger partial charge in [-0.15, -0.1) is 10.2 Å². The maximum absolute atomic E-state index is 12.1. The van der Waals surface area contributed by atoms with E-state index in [0.29, 0.717) is 24.0 Å². The zero-order chi connectivity index (χ0) is 13.9. The van der Waals surface area contributed by atoms with Crippen molar-refractivity contribution in [3.63, 3.8) is 0 Å². The third kappa shape index (κ3) is 2.81. The molecule has 1 aliphatic heterocycles. The fourth-order valence-corrected chi connectivity index (χ4v) is 2.84. The number of piperazine rings is 1. The maximum atomic E-state index is 12.1. The van der Waals surface area contributed by atoms with Crippen molar-refractivity contribution in [1.29, 1.82) is 0 Å². The van der Waals surface area contributed by atoms with Gasteiger partial charge in [0.25, 0.3) is 5.91 Å². The number of carbonyl (C=O) groups is 1. The van der Waals surface area contributed by atoms with Crippen LogP contribution in [0, 0.1) is 0 Å². The van der Waals surface area contributed by atoms with Gasteiger partial charge in [0.2, 0.25) is 5.13 Å². The van der Waals surface area contributed by atoms with Crippen molar-refractivity contribution in [2.45, 2.75) is 6.54 Å². The Bertz CT molecular complexity index is 574. The van der Waals surface area contributed by atoms with Gasteiger partial charge in [0.15, 0.2) is 5.76 Å². The summed E-state index contributed by atoms with van der Waals surface area (Å²) in [5.74, 6) is 0.352. The third-order valence-corrected chi connectivity index (χ3v) is 3.97. The first kappa shape index (κ1) is 13.1. The number of hydrogen-bond donors (Lipinski definition) is 1. The molecule has 2 aromatic heterocycles. The fourth-order valence-electron chi connectivity index (χ4n) is 2.19. The Morgan fingerprint density at radius 3 is 2.75 bits per heavy atom. The highest BCUT2D eigenvalue weighted by Crippen LogP contribution is 2.15. The molecule has 8 heteroatoms. The highest BCUT2D eigenvalue weighted by atomic mass is 32.1. The van der Waals surface area contributed by atoms with Gasteiger partial charge in [-0.2, -0.15) is 0 Å². The SMILES string of the molecule is Nc1nnc(CN2CCN(C(=O)c3ccco3)CC2)s1. The van der Waals surface area contributed by atoms with E-state index in [1.54, 1.807) is 12.1 Å². The lowest BCUT2D eigenvalue weighted by atomic mass is 10.3. The summed E-state index contributed by atoms with van der Waals surface area (Å²) in [6.07, 6.45) is 1.52. The summed E-state index contributed by atoms with van der Waals surface area (Å²) in [6, 6.07) is 3.42. The molecule has 106 valence electrons. The van der Waals surface area contributed by atoms with Gasteiger partial charge in [0.1, 0.15) is 5.01 Å². The molecular formula is C12H15N5O2S. The van der Waals surface area contributed by atoms with E-state index in [0.717, 1.165) is 24.6 Å². The second-order valence-electron chi connectivity index (χ2n) is 4.58. The molecule has 0 saturated carbocycles. The number of amides is 1. The average Bonchev–Trinajstić information content (AvgIpc) is 3.11. The van der Waals surface area contributed by atoms with Crippen LogP contribution in [0.1, 0.15) is 15.6 Å². The molecule has 1 aliphatic rings. The van der Waals surface area contributed by atoms with Gasteiger partial charge in [0.05, 0.1) is 12.8 Å². The van der Waals surface area contributed by atoms with E-state index >= 15 is 0 Å². The quantitative estimate of drug-likeness (QED) is 0.895. The van der Waals surface area contributed by atoms with E-state index in [1.807, 2.05) is 4.90 Å². The molecule has 3 heterocycles. The van der Waals surface area contributed by atoms with Crippen LogP contribution in [0.2, 0.25) is 0 Å². The van der Waals surface area contributed by atoms with Gasteiger partial charge < -0.3 is 15.1 Å². The van der Waals surface area contributed by atoms with Gasteiger partial charge in [-0.3, -0.25) is 9.69 Å². The number of nitrogens with two attached hydrogens (primary N) is 1. The van der Waals surface area contributed by atoms with E-state index in [-0.39, 0.29) is 5.91 Å². The number of nitrogen functional groups attached to an aromatic ring is 1. The van der Waals surface area contributed by atoms with Crippen LogP contribution in [-0.4, -0.2) is 52.1 Å². The first-order valence-corrected chi connectivity index (χ1v) is 7.17. The molecule has 1 fully saturated rings. The van der Waals surface area contributed by atoms with E-state index in [1.165, 1.54) is 17.6 Å². The zero-order valence-electron chi connectivity index (χ0n) is 10.9. The van der Waals surface area contributed by atoms with Crippen LogP contribution in [0.4, 0.5) is 5.13 Å². The maximum Gasteiger partial charge on any atom is 0.289 e. The first-order chi connectivity index (χ1) is 9.72. The molecule has 7 nitrogen and oxygen atoms in total. The summed E-state index contributed by atoms with van der Waals surface area (Å²) >= 11 is 1.40. The van der Waals surface area contributed by atoms with Crippen LogP contribution in [0.5, 0.6) is 0 Å². The summed E-state index contributed by atoms with van der Waals surface area (Å²) in [4.78, 5) is 16.2. The monoisotopic (exact) mass is 293 g/mol. The second-order valence-corrected chi connectivity index (χ2v) is 5.67. The molecule has 3 rings (SSSR count). The largest absolute Gasteiger partial charge is 0.459 e. The predicted octanol–water partition coefficient (Wildman–Crippen LogP) is 0.671. The molecular weight excluding hydrogens is 278 g/mol. The zero-order valence-corrected chi connectivity index (χ0v) is 11.7. The van der Waals surface area contributed by atoms with Gasteiger partial charge in [-0.1, -0.05) is 11.3 Å². The lowest BCUT2D eigenvalue weighted by Crippen LogP contribution is -2.48. The minimum atomic E-state index is -0.0465. The van der Waals surface area contributed by atoms with Crippen molar-refractivity contribution in [2.24, 2.45) is 0 Å². The molecule has 1 saturated heterocycles. The lowest BCUT2D eigenvalue weighted by molar-refractivity contribution is 0.0597. The van der Waals surface area contributed by atoms with Crippen LogP contribution in [-0.2, 0) is 6.54 Å². The van der Waals surface area contributed by atoms with Crippen LogP contribution >= 0.6 is 11.3 Å². The summed E-state index contributed by atoms with van der Waals surface area (Å²) in [5, 5.41) is 9.22. The van der Waals surface area contributed by atoms with Gasteiger partial charge in [-0.05, 0) is 12.1 Å². The predicted molar refractivity (Wildman–Crippen MR) is 74.2 cm³/mol. The van der Waals surface area contributed by atoms with Crippen molar-refractivity contribution in [3.05, 3.63) is 29.2 Å². The number of anilines is 1. The van der Waals surface area contributed by atoms with Crippen molar-refractivity contribution >= 4 is 22.4 Å². The molecule has 0 unspecified atom stereocenters. The number of furan rings is 1. The van der Waals surface area contributed by atoms with Gasteiger partial charge in [-0.25, -0.2) is 0 Å². The Morgan fingerprint density at radius 1 is 1.35 bits per heavy atom. The molecule has 0 radical (unpaired) electrons. The lowest BCUT2D eigenvalue weighted by Gasteiger charge is -2.33. The second kappa shape index (κ2) is 5.59. The van der Waals surface area contributed by atoms with E-state index < -0.39 is 0 Å². The Hall–Kier alpha value is -1.93. The Balaban J connectivity index is 1.53. The van der Waals surface area contributed by atoms with E-state index in [4.69, 9.17) is 10.2 Å². The first-order valence-electron chi connectivity index (χ1n) is 6.35. The van der Waals surface area contributed by atoms with Gasteiger partial charge >= 0.3 is 0 Å². The number of hydrogen-bond acceptors (Lipinski definition) is 7. The van der Waals surface area contributed by atoms with Crippen LogP contribution in [0.3, 0.4) is 0 Å². The summed E-state index contributed by atoms with van der Waals surface area (Å²) < 4.78 is 5.14. The summed E-state index contributed by atoms with van der Waals surface area (Å²) in [5.41, 5.74) is 5.56. The standard InChI is InChI=1S/C12H15N5O2S/c13-12-15-14-10(20-12)8-16-3-5-17(6-4-16)11(18)9-2-1-7-19-9/h1-2,7H,3-6,8H2,(H2,13,15). The molecule has 1 amide bonds. The normalized spacial score (nSPS) is 16.5. The van der Waals surface area contributed by atoms with E-state index in [9.17, 15) is 4.79 Å². The fraction of sp³-hybridized carbons (Fsp3) is 0.417. The Labute approximate surface area is 120 Å². The van der Waals surface area contributed by atoms with Crippen molar-refractivity contribution in [3.8, 4) is 0 Å². The third-order valence-electron chi connectivity index (χ3n) is 3.23. The Morgan fingerprint density at radius 2 is 2.15 bits per heavy atom. The molecule has 20 heavy (non-hydrogen) atoms. The minimum absolute atomic E-state index is 0.0465. The molecule has 0 atom stereocenters. The van der Waals surface area contributed by atoms with E-state index in [2.05, 4.69) is 15.1 Å². The molecule has 0 aliphatic carbocycles. The van der Waals surface area contributed by atoms with Crippen LogP contribution in [0.15, 0.2) is 22.8 Å². The molecule has 2 N–H and O–H groups in total. The smallest absolute Gasteiger partial charge is 0.289 e. The van der Waals surface area contributed by atoms with Gasteiger partial charge in [0, 0.05) is 26.2 Å². The molecule has 2 aromatic rings.